The van der Waals surface area contributed by atoms with E-state index < -0.39 is 6.36 Å². The van der Waals surface area contributed by atoms with Crippen molar-refractivity contribution in [3.63, 3.8) is 0 Å². The Balaban J connectivity index is 2.04. The van der Waals surface area contributed by atoms with Crippen LogP contribution >= 0.6 is 0 Å². The SMILES string of the molecule is Cc1cccc(Nc2cc(-c3cccc(OC(F)(F)F)c3)nc(NC(C)(C)C)n2)c1C. The van der Waals surface area contributed by atoms with Gasteiger partial charge < -0.3 is 15.4 Å². The molecule has 2 aromatic carbocycles. The van der Waals surface area contributed by atoms with E-state index in [1.54, 1.807) is 12.1 Å². The number of nitrogens with zero attached hydrogens (tertiary/aromatic N) is 2. The van der Waals surface area contributed by atoms with E-state index in [0.29, 0.717) is 23.0 Å². The average molecular weight is 430 g/mol. The minimum atomic E-state index is -4.77. The summed E-state index contributed by atoms with van der Waals surface area (Å²) in [6.45, 7) is 9.94. The zero-order chi connectivity index (χ0) is 22.8. The predicted octanol–water partition coefficient (Wildman–Crippen LogP) is 6.61. The normalized spacial score (nSPS) is 11.9. The van der Waals surface area contributed by atoms with Crippen molar-refractivity contribution >= 4 is 17.5 Å². The van der Waals surface area contributed by atoms with Crippen LogP contribution in [0.25, 0.3) is 11.3 Å². The maximum Gasteiger partial charge on any atom is 0.573 e. The van der Waals surface area contributed by atoms with Gasteiger partial charge in [-0.2, -0.15) is 4.98 Å². The fraction of sp³-hybridized carbons (Fsp3) is 0.304. The van der Waals surface area contributed by atoms with Gasteiger partial charge in [0.1, 0.15) is 11.6 Å². The monoisotopic (exact) mass is 430 g/mol. The summed E-state index contributed by atoms with van der Waals surface area (Å²) in [5.74, 6) is 0.575. The van der Waals surface area contributed by atoms with E-state index in [-0.39, 0.29) is 11.3 Å². The molecule has 0 radical (unpaired) electrons. The molecule has 0 bridgehead atoms. The number of ether oxygens (including phenoxy) is 1. The molecule has 2 N–H and O–H groups in total. The van der Waals surface area contributed by atoms with Gasteiger partial charge in [-0.15, -0.1) is 13.2 Å². The van der Waals surface area contributed by atoms with Gasteiger partial charge in [-0.25, -0.2) is 4.98 Å². The van der Waals surface area contributed by atoms with E-state index in [4.69, 9.17) is 0 Å². The topological polar surface area (TPSA) is 59.1 Å². The van der Waals surface area contributed by atoms with E-state index in [9.17, 15) is 13.2 Å². The molecule has 0 spiro atoms. The second-order valence-electron chi connectivity index (χ2n) is 8.29. The Morgan fingerprint density at radius 1 is 0.903 bits per heavy atom. The predicted molar refractivity (Wildman–Crippen MR) is 117 cm³/mol. The van der Waals surface area contributed by atoms with Crippen molar-refractivity contribution in [2.45, 2.75) is 46.5 Å². The van der Waals surface area contributed by atoms with Crippen LogP contribution in [0.15, 0.2) is 48.5 Å². The first-order valence-electron chi connectivity index (χ1n) is 9.76. The highest BCUT2D eigenvalue weighted by molar-refractivity contribution is 5.70. The zero-order valence-corrected chi connectivity index (χ0v) is 18.1. The van der Waals surface area contributed by atoms with Crippen LogP contribution in [0.3, 0.4) is 0 Å². The van der Waals surface area contributed by atoms with Gasteiger partial charge in [0.25, 0.3) is 0 Å². The van der Waals surface area contributed by atoms with Crippen LogP contribution in [0.5, 0.6) is 5.75 Å². The lowest BCUT2D eigenvalue weighted by atomic mass is 10.1. The fourth-order valence-corrected chi connectivity index (χ4v) is 2.93. The average Bonchev–Trinajstić information content (AvgIpc) is 2.63. The van der Waals surface area contributed by atoms with Gasteiger partial charge in [-0.1, -0.05) is 24.3 Å². The maximum atomic E-state index is 12.6. The molecule has 3 rings (SSSR count). The summed E-state index contributed by atoms with van der Waals surface area (Å²) in [6, 6.07) is 13.3. The number of aryl methyl sites for hydroxylation is 1. The molecule has 0 aliphatic heterocycles. The van der Waals surface area contributed by atoms with Crippen molar-refractivity contribution in [3.05, 3.63) is 59.7 Å². The third kappa shape index (κ3) is 6.34. The van der Waals surface area contributed by atoms with Gasteiger partial charge in [0, 0.05) is 22.9 Å². The second-order valence-corrected chi connectivity index (χ2v) is 8.29. The molecule has 3 aromatic rings. The largest absolute Gasteiger partial charge is 0.573 e. The van der Waals surface area contributed by atoms with Crippen LogP contribution in [0.4, 0.5) is 30.6 Å². The molecule has 5 nitrogen and oxygen atoms in total. The van der Waals surface area contributed by atoms with Crippen molar-refractivity contribution in [2.75, 3.05) is 10.6 Å². The molecular weight excluding hydrogens is 405 g/mol. The van der Waals surface area contributed by atoms with Gasteiger partial charge in [-0.05, 0) is 63.9 Å². The molecule has 0 fully saturated rings. The minimum Gasteiger partial charge on any atom is -0.406 e. The summed E-state index contributed by atoms with van der Waals surface area (Å²) in [6.07, 6.45) is -4.77. The summed E-state index contributed by atoms with van der Waals surface area (Å²) >= 11 is 0. The van der Waals surface area contributed by atoms with E-state index >= 15 is 0 Å². The van der Waals surface area contributed by atoms with Crippen LogP contribution < -0.4 is 15.4 Å². The summed E-state index contributed by atoms with van der Waals surface area (Å²) in [7, 11) is 0. The Hall–Kier alpha value is -3.29. The van der Waals surface area contributed by atoms with Crippen molar-refractivity contribution in [1.82, 2.24) is 9.97 Å². The van der Waals surface area contributed by atoms with E-state index in [0.717, 1.165) is 16.8 Å². The van der Waals surface area contributed by atoms with Gasteiger partial charge in [0.05, 0.1) is 5.69 Å². The Morgan fingerprint density at radius 3 is 2.29 bits per heavy atom. The molecule has 0 saturated heterocycles. The molecule has 0 saturated carbocycles. The lowest BCUT2D eigenvalue weighted by Gasteiger charge is -2.21. The Bertz CT molecular complexity index is 1080. The van der Waals surface area contributed by atoms with Gasteiger partial charge in [0.2, 0.25) is 5.95 Å². The number of halogens is 3. The number of alkyl halides is 3. The molecule has 8 heteroatoms. The Morgan fingerprint density at radius 2 is 1.61 bits per heavy atom. The highest BCUT2D eigenvalue weighted by atomic mass is 19.4. The number of nitrogens with one attached hydrogen (secondary N) is 2. The van der Waals surface area contributed by atoms with E-state index in [1.807, 2.05) is 52.8 Å². The number of hydrogen-bond donors (Lipinski definition) is 2. The molecule has 0 aliphatic carbocycles. The smallest absolute Gasteiger partial charge is 0.406 e. The lowest BCUT2D eigenvalue weighted by molar-refractivity contribution is -0.274. The maximum absolute atomic E-state index is 12.6. The summed E-state index contributed by atoms with van der Waals surface area (Å²) in [5.41, 5.74) is 3.72. The third-order valence-corrected chi connectivity index (χ3v) is 4.44. The first-order chi connectivity index (χ1) is 14.4. The number of hydrogen-bond acceptors (Lipinski definition) is 5. The number of aromatic nitrogens is 2. The summed E-state index contributed by atoms with van der Waals surface area (Å²) < 4.78 is 42.0. The number of benzene rings is 2. The molecule has 0 aliphatic rings. The van der Waals surface area contributed by atoms with Crippen molar-refractivity contribution < 1.29 is 17.9 Å². The van der Waals surface area contributed by atoms with Crippen LogP contribution in [-0.2, 0) is 0 Å². The highest BCUT2D eigenvalue weighted by Gasteiger charge is 2.31. The first-order valence-corrected chi connectivity index (χ1v) is 9.76. The fourth-order valence-electron chi connectivity index (χ4n) is 2.93. The Kier molecular flexibility index (Phi) is 6.10. The molecular formula is C23H25F3N4O. The molecule has 0 amide bonds. The zero-order valence-electron chi connectivity index (χ0n) is 18.1. The molecule has 1 aromatic heterocycles. The van der Waals surface area contributed by atoms with Crippen LogP contribution in [0.2, 0.25) is 0 Å². The van der Waals surface area contributed by atoms with Crippen molar-refractivity contribution in [2.24, 2.45) is 0 Å². The minimum absolute atomic E-state index is 0.307. The third-order valence-electron chi connectivity index (χ3n) is 4.44. The van der Waals surface area contributed by atoms with Gasteiger partial charge >= 0.3 is 6.36 Å². The summed E-state index contributed by atoms with van der Waals surface area (Å²) in [5, 5.41) is 6.52. The molecule has 31 heavy (non-hydrogen) atoms. The molecule has 0 atom stereocenters. The van der Waals surface area contributed by atoms with Crippen molar-refractivity contribution in [3.8, 4) is 17.0 Å². The molecule has 1 heterocycles. The lowest BCUT2D eigenvalue weighted by Crippen LogP contribution is -2.27. The second kappa shape index (κ2) is 8.45. The van der Waals surface area contributed by atoms with Crippen LogP contribution in [0, 0.1) is 13.8 Å². The molecule has 0 unspecified atom stereocenters. The number of rotatable bonds is 5. The van der Waals surface area contributed by atoms with Crippen LogP contribution in [-0.4, -0.2) is 21.9 Å². The standard InChI is InChI=1S/C23H25F3N4O/c1-14-8-6-11-18(15(14)2)27-20-13-19(28-21(29-20)30-22(3,4)5)16-9-7-10-17(12-16)31-23(24,25)26/h6-13H,1-5H3,(H2,27,28,29,30). The van der Waals surface area contributed by atoms with E-state index in [2.05, 4.69) is 25.3 Å². The Labute approximate surface area is 179 Å². The number of anilines is 3. The summed E-state index contributed by atoms with van der Waals surface area (Å²) in [4.78, 5) is 9.06. The van der Waals surface area contributed by atoms with Gasteiger partial charge in [0.15, 0.2) is 0 Å². The van der Waals surface area contributed by atoms with Crippen LogP contribution in [0.1, 0.15) is 31.9 Å². The molecule has 164 valence electrons. The quantitative estimate of drug-likeness (QED) is 0.477. The highest BCUT2D eigenvalue weighted by Crippen LogP contribution is 2.30. The van der Waals surface area contributed by atoms with E-state index in [1.165, 1.54) is 18.2 Å². The van der Waals surface area contributed by atoms with Crippen molar-refractivity contribution in [1.29, 1.82) is 0 Å². The first kappa shape index (κ1) is 22.4. The van der Waals surface area contributed by atoms with Gasteiger partial charge in [-0.3, -0.25) is 0 Å².